The van der Waals surface area contributed by atoms with Crippen molar-refractivity contribution >= 4 is 86.2 Å². The van der Waals surface area contributed by atoms with E-state index in [-0.39, 0.29) is 5.41 Å². The van der Waals surface area contributed by atoms with Gasteiger partial charge in [0.25, 0.3) is 0 Å². The van der Waals surface area contributed by atoms with Gasteiger partial charge in [-0.1, -0.05) is 191 Å². The molecule has 0 bridgehead atoms. The molecule has 0 aliphatic heterocycles. The maximum atomic E-state index is 2.56. The van der Waals surface area contributed by atoms with Crippen LogP contribution < -0.4 is 0 Å². The van der Waals surface area contributed by atoms with Crippen LogP contribution in [0.25, 0.3) is 131 Å². The van der Waals surface area contributed by atoms with Crippen molar-refractivity contribution in [2.75, 3.05) is 0 Å². The first-order chi connectivity index (χ1) is 30.4. The van der Waals surface area contributed by atoms with Gasteiger partial charge in [-0.3, -0.25) is 0 Å². The summed E-state index contributed by atoms with van der Waals surface area (Å²) in [6, 6.07) is 75.5. The first kappa shape index (κ1) is 35.2. The third-order valence-electron chi connectivity index (χ3n) is 13.8. The molecule has 0 nitrogen and oxygen atoms in total. The predicted molar refractivity (Wildman–Crippen MR) is 269 cm³/mol. The van der Waals surface area contributed by atoms with Gasteiger partial charge >= 0.3 is 0 Å². The second kappa shape index (κ2) is 13.0. The van der Waals surface area contributed by atoms with E-state index in [4.69, 9.17) is 0 Å². The third-order valence-corrected chi connectivity index (χ3v) is 13.8. The lowest BCUT2D eigenvalue weighted by atomic mass is 9.83. The summed E-state index contributed by atoms with van der Waals surface area (Å²) in [6.45, 7) is 6.95. The van der Waals surface area contributed by atoms with Crippen LogP contribution in [-0.2, 0) is 5.41 Å². The predicted octanol–water partition coefficient (Wildman–Crippen LogP) is 17.8. The molecular weight excluding hydrogens is 745 g/mol. The monoisotopic (exact) mass is 786 g/mol. The SMILES string of the molecule is CC(C)(C)c1ccc2c(c1)c1cccc3c4c(-c5ccccc5)c5c6cc7ccccc7c7cc(-c8ccccc8-c8ccccc8)cc(c5c(-c5ccccc5)c4cc2c13)c76. The lowest BCUT2D eigenvalue weighted by Crippen LogP contribution is -2.10. The van der Waals surface area contributed by atoms with Crippen molar-refractivity contribution in [3.63, 3.8) is 0 Å². The van der Waals surface area contributed by atoms with Crippen LogP contribution >= 0.6 is 0 Å². The van der Waals surface area contributed by atoms with Crippen LogP contribution in [0.5, 0.6) is 0 Å². The summed E-state index contributed by atoms with van der Waals surface area (Å²) in [5, 5.41) is 21.0. The van der Waals surface area contributed by atoms with Gasteiger partial charge in [-0.2, -0.15) is 0 Å². The normalized spacial score (nSPS) is 12.4. The fourth-order valence-electron chi connectivity index (χ4n) is 11.1. The van der Waals surface area contributed by atoms with Crippen LogP contribution in [0.4, 0.5) is 0 Å². The van der Waals surface area contributed by atoms with Crippen molar-refractivity contribution < 1.29 is 0 Å². The molecule has 0 heterocycles. The van der Waals surface area contributed by atoms with Gasteiger partial charge in [0.05, 0.1) is 0 Å². The summed E-state index contributed by atoms with van der Waals surface area (Å²) in [4.78, 5) is 0. The van der Waals surface area contributed by atoms with Crippen molar-refractivity contribution in [2.24, 2.45) is 0 Å². The van der Waals surface area contributed by atoms with Crippen LogP contribution in [-0.4, -0.2) is 0 Å². The Balaban J connectivity index is 1.31. The zero-order valence-electron chi connectivity index (χ0n) is 35.1. The Morgan fingerprint density at radius 1 is 0.258 bits per heavy atom. The molecule has 0 fully saturated rings. The average molecular weight is 787 g/mol. The minimum atomic E-state index is 0.0449. The van der Waals surface area contributed by atoms with Crippen LogP contribution in [0.3, 0.4) is 0 Å². The van der Waals surface area contributed by atoms with E-state index in [0.717, 1.165) is 0 Å². The summed E-state index contributed by atoms with van der Waals surface area (Å²) in [5.74, 6) is 0. The van der Waals surface area contributed by atoms with Crippen LogP contribution in [0.2, 0.25) is 0 Å². The smallest absolute Gasteiger partial charge is 0.000697 e. The molecule has 0 unspecified atom stereocenters. The second-order valence-corrected chi connectivity index (χ2v) is 18.3. The fraction of sp³-hybridized carbons (Fsp3) is 0.0645. The molecule has 0 N–H and O–H groups in total. The van der Waals surface area contributed by atoms with Crippen molar-refractivity contribution in [3.8, 4) is 44.5 Å². The number of rotatable bonds is 4. The zero-order chi connectivity index (χ0) is 41.3. The van der Waals surface area contributed by atoms with Gasteiger partial charge in [-0.25, -0.2) is 0 Å². The number of benzene rings is 11. The highest BCUT2D eigenvalue weighted by molar-refractivity contribution is 6.46. The van der Waals surface area contributed by atoms with E-state index in [1.165, 1.54) is 136 Å². The number of hydrogen-bond donors (Lipinski definition) is 0. The van der Waals surface area contributed by atoms with Gasteiger partial charge in [0, 0.05) is 0 Å². The molecule has 0 atom stereocenters. The largest absolute Gasteiger partial charge is 0.0622 e. The van der Waals surface area contributed by atoms with Gasteiger partial charge in [0.1, 0.15) is 0 Å². The maximum absolute atomic E-state index is 2.56. The maximum Gasteiger partial charge on any atom is -0.000697 e. The first-order valence-corrected chi connectivity index (χ1v) is 21.9. The average Bonchev–Trinajstić information content (AvgIpc) is 3.81. The minimum absolute atomic E-state index is 0.0449. The summed E-state index contributed by atoms with van der Waals surface area (Å²) in [7, 11) is 0. The van der Waals surface area contributed by atoms with E-state index < -0.39 is 0 Å². The molecule has 0 saturated carbocycles. The van der Waals surface area contributed by atoms with E-state index in [0.29, 0.717) is 0 Å². The molecule has 0 radical (unpaired) electrons. The number of hydrogen-bond acceptors (Lipinski definition) is 0. The number of fused-ring (bicyclic) bond motifs is 10. The minimum Gasteiger partial charge on any atom is -0.0622 e. The summed E-state index contributed by atoms with van der Waals surface area (Å²) in [6.07, 6.45) is 0. The van der Waals surface area contributed by atoms with E-state index in [1.807, 2.05) is 0 Å². The molecule has 0 aliphatic carbocycles. The first-order valence-electron chi connectivity index (χ1n) is 21.9. The molecule has 0 aromatic heterocycles. The topological polar surface area (TPSA) is 0 Å². The molecule has 0 aliphatic rings. The fourth-order valence-corrected chi connectivity index (χ4v) is 11.1. The molecule has 290 valence electrons. The lowest BCUT2D eigenvalue weighted by Gasteiger charge is -2.19. The van der Waals surface area contributed by atoms with Crippen molar-refractivity contribution in [1.82, 2.24) is 0 Å². The van der Waals surface area contributed by atoms with E-state index in [9.17, 15) is 0 Å². The molecule has 0 saturated heterocycles. The highest BCUT2D eigenvalue weighted by Gasteiger charge is 2.28. The Morgan fingerprint density at radius 2 is 0.790 bits per heavy atom. The Kier molecular flexibility index (Phi) is 7.38. The molecule has 0 heteroatoms. The standard InChI is InChI=1S/C62H42/c1-62(2,3)42-30-31-46-49(35-42)47-28-17-29-48-57(47)51(46)36-54-55(38-20-9-5-10-21-38)60-53-34-41(45-27-16-15-25-43(45)37-18-7-4-8-19-37)33-50-44-26-14-13-24-40(44)32-52(58(50)53)61(60)56(59(48)54)39-22-11-6-12-23-39/h4-36H,1-3H3. The van der Waals surface area contributed by atoms with Crippen molar-refractivity contribution in [2.45, 2.75) is 26.2 Å². The highest BCUT2D eigenvalue weighted by atomic mass is 14.3. The van der Waals surface area contributed by atoms with E-state index in [1.54, 1.807) is 0 Å². The Labute approximate surface area is 361 Å². The van der Waals surface area contributed by atoms with Gasteiger partial charge in [0.2, 0.25) is 0 Å². The molecular formula is C62H42. The molecule has 13 aromatic carbocycles. The molecule has 13 rings (SSSR count). The lowest BCUT2D eigenvalue weighted by molar-refractivity contribution is 0.591. The zero-order valence-corrected chi connectivity index (χ0v) is 35.1. The Morgan fingerprint density at radius 3 is 1.52 bits per heavy atom. The molecule has 62 heavy (non-hydrogen) atoms. The Bertz CT molecular complexity index is 3910. The quantitative estimate of drug-likeness (QED) is 0.156. The Hall–Kier alpha value is -7.54. The van der Waals surface area contributed by atoms with Crippen LogP contribution in [0, 0.1) is 0 Å². The van der Waals surface area contributed by atoms with Crippen molar-refractivity contribution in [3.05, 3.63) is 206 Å². The molecule has 0 amide bonds. The summed E-state index contributed by atoms with van der Waals surface area (Å²) < 4.78 is 0. The highest BCUT2D eigenvalue weighted by Crippen LogP contribution is 2.56. The third kappa shape index (κ3) is 4.95. The van der Waals surface area contributed by atoms with E-state index >= 15 is 0 Å². The van der Waals surface area contributed by atoms with Gasteiger partial charge in [0.15, 0.2) is 0 Å². The summed E-state index contributed by atoms with van der Waals surface area (Å²) in [5.41, 5.74) is 11.4. The second-order valence-electron chi connectivity index (χ2n) is 18.3. The van der Waals surface area contributed by atoms with Crippen LogP contribution in [0.1, 0.15) is 26.3 Å². The molecule has 0 spiro atoms. The molecule has 13 aromatic rings. The van der Waals surface area contributed by atoms with E-state index in [2.05, 4.69) is 221 Å². The summed E-state index contributed by atoms with van der Waals surface area (Å²) >= 11 is 0. The van der Waals surface area contributed by atoms with Gasteiger partial charge < -0.3 is 0 Å². The van der Waals surface area contributed by atoms with Gasteiger partial charge in [-0.15, -0.1) is 0 Å². The van der Waals surface area contributed by atoms with Crippen molar-refractivity contribution in [1.29, 1.82) is 0 Å². The van der Waals surface area contributed by atoms with Gasteiger partial charge in [-0.05, 0) is 172 Å². The van der Waals surface area contributed by atoms with Crippen LogP contribution in [0.15, 0.2) is 200 Å².